The van der Waals surface area contributed by atoms with Crippen molar-refractivity contribution in [1.82, 2.24) is 0 Å². The lowest BCUT2D eigenvalue weighted by Gasteiger charge is -2.55. The fourth-order valence-electron chi connectivity index (χ4n) is 5.75. The van der Waals surface area contributed by atoms with Crippen LogP contribution < -0.4 is 0 Å². The molecule has 0 spiro atoms. The topological polar surface area (TPSA) is 26.3 Å². The van der Waals surface area contributed by atoms with Crippen LogP contribution in [0.5, 0.6) is 0 Å². The minimum Gasteiger partial charge on any atom is -0.469 e. The van der Waals surface area contributed by atoms with Crippen LogP contribution in [-0.4, -0.2) is 13.1 Å². The van der Waals surface area contributed by atoms with Gasteiger partial charge < -0.3 is 4.74 Å². The van der Waals surface area contributed by atoms with Crippen molar-refractivity contribution in [3.05, 3.63) is 34.9 Å². The van der Waals surface area contributed by atoms with E-state index in [1.54, 1.807) is 11.1 Å². The molecule has 27 heavy (non-hydrogen) atoms. The maximum absolute atomic E-state index is 11.5. The molecule has 0 aromatic rings. The van der Waals surface area contributed by atoms with Crippen molar-refractivity contribution in [3.8, 4) is 0 Å². The van der Waals surface area contributed by atoms with Crippen molar-refractivity contribution in [2.75, 3.05) is 7.11 Å². The number of ether oxygens (including phenoxy) is 1. The van der Waals surface area contributed by atoms with Crippen molar-refractivity contribution in [1.29, 1.82) is 0 Å². The van der Waals surface area contributed by atoms with Crippen molar-refractivity contribution in [3.63, 3.8) is 0 Å². The molecule has 0 aromatic heterocycles. The number of carbonyl (C=O) groups is 1. The van der Waals surface area contributed by atoms with Crippen LogP contribution in [0.2, 0.25) is 0 Å². The number of rotatable bonds is 6. The highest BCUT2D eigenvalue weighted by molar-refractivity contribution is 5.73. The number of carbonyl (C=O) groups excluding carboxylic acids is 1. The number of fused-ring (bicyclic) bond motifs is 1. The van der Waals surface area contributed by atoms with E-state index < -0.39 is 0 Å². The molecule has 2 aliphatic rings. The van der Waals surface area contributed by atoms with Crippen LogP contribution in [0.15, 0.2) is 34.9 Å². The largest absolute Gasteiger partial charge is 0.469 e. The number of allylic oxidation sites excluding steroid dienone is 5. The predicted octanol–water partition coefficient (Wildman–Crippen LogP) is 7.02. The molecule has 1 saturated carbocycles. The molecule has 0 aromatic carbocycles. The predicted molar refractivity (Wildman–Crippen MR) is 114 cm³/mol. The summed E-state index contributed by atoms with van der Waals surface area (Å²) in [7, 11) is 1.44. The Morgan fingerprint density at radius 1 is 1.30 bits per heavy atom. The molecule has 0 heterocycles. The maximum atomic E-state index is 11.5. The minimum absolute atomic E-state index is 0.181. The van der Waals surface area contributed by atoms with Crippen molar-refractivity contribution >= 4 is 5.97 Å². The summed E-state index contributed by atoms with van der Waals surface area (Å²) in [6, 6.07) is 0. The van der Waals surface area contributed by atoms with Gasteiger partial charge in [0.25, 0.3) is 0 Å². The van der Waals surface area contributed by atoms with Crippen LogP contribution in [0.3, 0.4) is 0 Å². The molecule has 2 rings (SSSR count). The Labute approximate surface area is 167 Å². The molecule has 1 fully saturated rings. The molecule has 152 valence electrons. The van der Waals surface area contributed by atoms with Gasteiger partial charge in [0.15, 0.2) is 0 Å². The molecule has 0 bridgehead atoms. The highest BCUT2D eigenvalue weighted by Gasteiger charge is 2.49. The van der Waals surface area contributed by atoms with Crippen LogP contribution in [0.25, 0.3) is 0 Å². The lowest BCUT2D eigenvalue weighted by atomic mass is 9.50. The molecule has 0 amide bonds. The van der Waals surface area contributed by atoms with Gasteiger partial charge in [-0.25, -0.2) is 0 Å². The standard InChI is InChI=1S/C25H40O2/c1-18(10-8-11-20(3)23(26)27-7)12-14-21-19(2)13-15-22-24(4,5)16-9-17-25(21,22)6/h8,10-11,20,22H,9,12-17H2,1-7H3/b11-8+,18-10+/t20-,22+,25-/m1/s1. The SMILES string of the molecule is COC(=O)[C@H](C)/C=C/C=C(\C)CCC1=C(C)CC[C@H]2C(C)(C)CCC[C@]12C. The third-order valence-electron chi connectivity index (χ3n) is 7.37. The zero-order valence-corrected chi connectivity index (χ0v) is 18.7. The summed E-state index contributed by atoms with van der Waals surface area (Å²) in [4.78, 5) is 11.5. The molecule has 0 unspecified atom stereocenters. The summed E-state index contributed by atoms with van der Waals surface area (Å²) in [6.45, 7) is 14.0. The molecule has 0 radical (unpaired) electrons. The zero-order chi connectivity index (χ0) is 20.2. The Hall–Kier alpha value is -1.31. The van der Waals surface area contributed by atoms with E-state index in [0.29, 0.717) is 10.8 Å². The van der Waals surface area contributed by atoms with Crippen molar-refractivity contribution in [2.24, 2.45) is 22.7 Å². The van der Waals surface area contributed by atoms with Gasteiger partial charge in [0.1, 0.15) is 0 Å². The summed E-state index contributed by atoms with van der Waals surface area (Å²) in [5.41, 5.74) is 5.63. The third-order valence-corrected chi connectivity index (χ3v) is 7.37. The van der Waals surface area contributed by atoms with Gasteiger partial charge in [-0.1, -0.05) is 62.1 Å². The molecule has 2 aliphatic carbocycles. The number of hydrogen-bond donors (Lipinski definition) is 0. The molecule has 2 nitrogen and oxygen atoms in total. The zero-order valence-electron chi connectivity index (χ0n) is 18.7. The molecule has 0 saturated heterocycles. The summed E-state index contributed by atoms with van der Waals surface area (Å²) in [5, 5.41) is 0. The second-order valence-electron chi connectivity index (χ2n) is 9.82. The van der Waals surface area contributed by atoms with Gasteiger partial charge >= 0.3 is 5.97 Å². The first-order valence-corrected chi connectivity index (χ1v) is 10.7. The summed E-state index contributed by atoms with van der Waals surface area (Å²) >= 11 is 0. The van der Waals surface area contributed by atoms with E-state index in [2.05, 4.69) is 40.7 Å². The average molecular weight is 373 g/mol. The normalized spacial score (nSPS) is 29.6. The first-order chi connectivity index (χ1) is 12.6. The number of hydrogen-bond acceptors (Lipinski definition) is 2. The lowest BCUT2D eigenvalue weighted by molar-refractivity contribution is -0.143. The Morgan fingerprint density at radius 3 is 2.67 bits per heavy atom. The Morgan fingerprint density at radius 2 is 2.00 bits per heavy atom. The van der Waals surface area contributed by atoms with E-state index in [9.17, 15) is 4.79 Å². The number of esters is 1. The summed E-state index contributed by atoms with van der Waals surface area (Å²) < 4.78 is 4.77. The quantitative estimate of drug-likeness (QED) is 0.284. The Kier molecular flexibility index (Phi) is 7.16. The molecule has 3 atom stereocenters. The average Bonchev–Trinajstić information content (AvgIpc) is 2.59. The van der Waals surface area contributed by atoms with E-state index in [1.165, 1.54) is 51.2 Å². The van der Waals surface area contributed by atoms with Gasteiger partial charge in [0.2, 0.25) is 0 Å². The molecular formula is C25H40O2. The van der Waals surface area contributed by atoms with E-state index in [4.69, 9.17) is 4.74 Å². The van der Waals surface area contributed by atoms with Crippen LogP contribution in [0.4, 0.5) is 0 Å². The maximum Gasteiger partial charge on any atom is 0.312 e. The van der Waals surface area contributed by atoms with Gasteiger partial charge in [0.05, 0.1) is 13.0 Å². The molecule has 0 N–H and O–H groups in total. The molecule has 0 aliphatic heterocycles. The van der Waals surface area contributed by atoms with Crippen LogP contribution in [-0.2, 0) is 9.53 Å². The summed E-state index contributed by atoms with van der Waals surface area (Å²) in [6.07, 6.45) is 15.1. The van der Waals surface area contributed by atoms with Gasteiger partial charge in [0, 0.05) is 0 Å². The highest BCUT2D eigenvalue weighted by atomic mass is 16.5. The van der Waals surface area contributed by atoms with E-state index in [1.807, 2.05) is 19.1 Å². The smallest absolute Gasteiger partial charge is 0.312 e. The van der Waals surface area contributed by atoms with Gasteiger partial charge in [-0.2, -0.15) is 0 Å². The second kappa shape index (κ2) is 8.80. The second-order valence-corrected chi connectivity index (χ2v) is 9.82. The third kappa shape index (κ3) is 4.95. The fourth-order valence-corrected chi connectivity index (χ4v) is 5.75. The first kappa shape index (κ1) is 22.0. The van der Waals surface area contributed by atoms with E-state index >= 15 is 0 Å². The van der Waals surface area contributed by atoms with Crippen molar-refractivity contribution in [2.45, 2.75) is 86.5 Å². The number of methoxy groups -OCH3 is 1. The lowest BCUT2D eigenvalue weighted by Crippen LogP contribution is -2.45. The summed E-state index contributed by atoms with van der Waals surface area (Å²) in [5.74, 6) is 0.452. The van der Waals surface area contributed by atoms with Crippen LogP contribution in [0.1, 0.15) is 86.5 Å². The Bertz CT molecular complexity index is 635. The van der Waals surface area contributed by atoms with Gasteiger partial charge in [-0.15, -0.1) is 0 Å². The van der Waals surface area contributed by atoms with E-state index in [0.717, 1.165) is 12.3 Å². The monoisotopic (exact) mass is 372 g/mol. The molecule has 2 heteroatoms. The first-order valence-electron chi connectivity index (χ1n) is 10.7. The van der Waals surface area contributed by atoms with Crippen LogP contribution in [0, 0.1) is 22.7 Å². The Balaban J connectivity index is 2.06. The van der Waals surface area contributed by atoms with Crippen molar-refractivity contribution < 1.29 is 9.53 Å². The van der Waals surface area contributed by atoms with Crippen LogP contribution >= 0.6 is 0 Å². The highest BCUT2D eigenvalue weighted by Crippen LogP contribution is 2.60. The van der Waals surface area contributed by atoms with Gasteiger partial charge in [-0.3, -0.25) is 4.79 Å². The molecular weight excluding hydrogens is 332 g/mol. The minimum atomic E-state index is -0.188. The van der Waals surface area contributed by atoms with Gasteiger partial charge in [-0.05, 0) is 76.0 Å². The fraction of sp³-hybridized carbons (Fsp3) is 0.720. The van der Waals surface area contributed by atoms with E-state index in [-0.39, 0.29) is 11.9 Å².